The number of hydrogen-bond donors (Lipinski definition) is 1. The van der Waals surface area contributed by atoms with E-state index in [4.69, 9.17) is 9.96 Å². The van der Waals surface area contributed by atoms with Crippen LogP contribution in [0.1, 0.15) is 46.5 Å². The van der Waals surface area contributed by atoms with Crippen molar-refractivity contribution in [3.63, 3.8) is 0 Å². The average molecular weight is 271 g/mol. The van der Waals surface area contributed by atoms with Gasteiger partial charge in [-0.1, -0.05) is 38.7 Å². The lowest BCUT2D eigenvalue weighted by molar-refractivity contribution is -0.00171. The van der Waals surface area contributed by atoms with Crippen LogP contribution in [-0.2, 0) is 4.43 Å². The Morgan fingerprint density at radius 1 is 1.39 bits per heavy atom. The highest BCUT2D eigenvalue weighted by molar-refractivity contribution is 6.75. The minimum atomic E-state index is -2.18. The van der Waals surface area contributed by atoms with Gasteiger partial charge in [-0.15, -0.1) is 0 Å². The van der Waals surface area contributed by atoms with Gasteiger partial charge in [-0.2, -0.15) is 0 Å². The first kappa shape index (κ1) is 15.5. The predicted octanol–water partition coefficient (Wildman–Crippen LogP) is 3.53. The molecule has 1 saturated carbocycles. The lowest BCUT2D eigenvalue weighted by atomic mass is 9.95. The van der Waals surface area contributed by atoms with Crippen LogP contribution in [0.5, 0.6) is 0 Å². The highest BCUT2D eigenvalue weighted by atomic mass is 28.4. The summed E-state index contributed by atoms with van der Waals surface area (Å²) in [6.45, 7) is 8.48. The summed E-state index contributed by atoms with van der Waals surface area (Å²) in [6.07, 6.45) is 3.90. The molecule has 6 heteroatoms. The maximum absolute atomic E-state index is 10.0. The van der Waals surface area contributed by atoms with Crippen LogP contribution in [0.25, 0.3) is 10.4 Å². The van der Waals surface area contributed by atoms with Gasteiger partial charge >= 0.3 is 0 Å². The second-order valence-corrected chi connectivity index (χ2v) is 10.9. The molecule has 1 rings (SSSR count). The molecule has 1 aliphatic carbocycles. The highest BCUT2D eigenvalue weighted by Crippen LogP contribution is 2.39. The van der Waals surface area contributed by atoms with Crippen molar-refractivity contribution in [2.45, 2.75) is 70.2 Å². The Balaban J connectivity index is 2.80. The summed E-state index contributed by atoms with van der Waals surface area (Å²) in [4.78, 5) is 2.86. The van der Waals surface area contributed by atoms with Crippen LogP contribution in [-0.4, -0.2) is 31.8 Å². The number of nitrogens with zero attached hydrogens (tertiary/aromatic N) is 3. The molecule has 18 heavy (non-hydrogen) atoms. The second-order valence-electron chi connectivity index (χ2n) is 6.38. The normalized spacial score (nSPS) is 28.3. The van der Waals surface area contributed by atoms with Gasteiger partial charge in [0.25, 0.3) is 0 Å². The van der Waals surface area contributed by atoms with Crippen LogP contribution in [0.4, 0.5) is 0 Å². The van der Waals surface area contributed by atoms with Gasteiger partial charge in [-0.3, -0.25) is 0 Å². The Kier molecular flexibility index (Phi) is 5.22. The topological polar surface area (TPSA) is 78.2 Å². The lowest BCUT2D eigenvalue weighted by Crippen LogP contribution is -2.52. The molecule has 0 radical (unpaired) electrons. The summed E-state index contributed by atoms with van der Waals surface area (Å²) in [6, 6.07) is 0. The molecule has 0 heterocycles. The van der Waals surface area contributed by atoms with Crippen LogP contribution in [0.2, 0.25) is 11.6 Å². The largest absolute Gasteiger partial charge is 0.411 e. The van der Waals surface area contributed by atoms with Crippen molar-refractivity contribution >= 4 is 8.32 Å². The van der Waals surface area contributed by atoms with Crippen LogP contribution in [0, 0.1) is 0 Å². The van der Waals surface area contributed by atoms with E-state index in [0.717, 1.165) is 25.7 Å². The van der Waals surface area contributed by atoms with E-state index in [2.05, 4.69) is 37.3 Å². The molecule has 5 nitrogen and oxygen atoms in total. The molecule has 1 aliphatic rings. The molecular formula is C12H25N3O2Si. The molecule has 0 spiro atoms. The van der Waals surface area contributed by atoms with Gasteiger partial charge in [0.2, 0.25) is 8.32 Å². The SMILES string of the molecule is CC(C)(C)[Si](C)(CN=[N+]=[N-])OC1CCCCC1O. The summed E-state index contributed by atoms with van der Waals surface area (Å²) in [5.74, 6) is 0. The van der Waals surface area contributed by atoms with E-state index in [1.165, 1.54) is 0 Å². The molecule has 0 aromatic heterocycles. The Morgan fingerprint density at radius 2 is 2.00 bits per heavy atom. The van der Waals surface area contributed by atoms with Gasteiger partial charge in [-0.05, 0) is 30.0 Å². The molecule has 3 atom stereocenters. The Hall–Kier alpha value is -0.553. The highest BCUT2D eigenvalue weighted by Gasteiger charge is 2.44. The van der Waals surface area contributed by atoms with Gasteiger partial charge in [0, 0.05) is 11.1 Å². The van der Waals surface area contributed by atoms with Crippen molar-refractivity contribution in [3.8, 4) is 0 Å². The van der Waals surface area contributed by atoms with Gasteiger partial charge in [-0.25, -0.2) is 0 Å². The summed E-state index contributed by atoms with van der Waals surface area (Å²) in [7, 11) is -2.18. The van der Waals surface area contributed by atoms with Crippen LogP contribution in [0.15, 0.2) is 5.11 Å². The van der Waals surface area contributed by atoms with E-state index in [9.17, 15) is 5.11 Å². The number of rotatable bonds is 4. The molecule has 1 N–H and O–H groups in total. The van der Waals surface area contributed by atoms with Crippen molar-refractivity contribution in [2.75, 3.05) is 6.17 Å². The molecule has 0 aromatic rings. The standard InChI is InChI=1S/C12H25N3O2Si/c1-12(2,3)18(4,9-14-15-13)17-11-8-6-5-7-10(11)16/h10-11,16H,5-9H2,1-4H3. The van der Waals surface area contributed by atoms with E-state index in [-0.39, 0.29) is 17.2 Å². The zero-order chi connectivity index (χ0) is 13.8. The summed E-state index contributed by atoms with van der Waals surface area (Å²) in [5.41, 5.74) is 8.53. The molecule has 0 aliphatic heterocycles. The van der Waals surface area contributed by atoms with Crippen LogP contribution < -0.4 is 0 Å². The first-order valence-corrected chi connectivity index (χ1v) is 9.28. The number of aliphatic hydroxyl groups is 1. The van der Waals surface area contributed by atoms with Gasteiger partial charge < -0.3 is 9.53 Å². The Morgan fingerprint density at radius 3 is 2.50 bits per heavy atom. The predicted molar refractivity (Wildman–Crippen MR) is 74.7 cm³/mol. The zero-order valence-corrected chi connectivity index (χ0v) is 12.9. The smallest absolute Gasteiger partial charge is 0.201 e. The summed E-state index contributed by atoms with van der Waals surface area (Å²) < 4.78 is 6.28. The van der Waals surface area contributed by atoms with Crippen molar-refractivity contribution < 1.29 is 9.53 Å². The lowest BCUT2D eigenvalue weighted by Gasteiger charge is -2.43. The van der Waals surface area contributed by atoms with Crippen molar-refractivity contribution in [1.29, 1.82) is 0 Å². The van der Waals surface area contributed by atoms with Gasteiger partial charge in [0.1, 0.15) is 0 Å². The first-order valence-electron chi connectivity index (χ1n) is 6.67. The van der Waals surface area contributed by atoms with Gasteiger partial charge in [0.15, 0.2) is 0 Å². The van der Waals surface area contributed by atoms with Gasteiger partial charge in [0.05, 0.1) is 12.2 Å². The number of aliphatic hydroxyl groups excluding tert-OH is 1. The maximum atomic E-state index is 10.0. The summed E-state index contributed by atoms with van der Waals surface area (Å²) in [5, 5.41) is 13.7. The third-order valence-corrected chi connectivity index (χ3v) is 8.84. The average Bonchev–Trinajstić information content (AvgIpc) is 2.28. The van der Waals surface area contributed by atoms with E-state index in [1.54, 1.807) is 0 Å². The van der Waals surface area contributed by atoms with Crippen molar-refractivity contribution in [1.82, 2.24) is 0 Å². The fourth-order valence-corrected chi connectivity index (χ4v) is 4.35. The number of azide groups is 1. The fraction of sp³-hybridized carbons (Fsp3) is 1.00. The zero-order valence-electron chi connectivity index (χ0n) is 11.9. The summed E-state index contributed by atoms with van der Waals surface area (Å²) >= 11 is 0. The third kappa shape index (κ3) is 3.72. The first-order chi connectivity index (χ1) is 8.30. The van der Waals surface area contributed by atoms with E-state index < -0.39 is 8.32 Å². The van der Waals surface area contributed by atoms with Crippen LogP contribution >= 0.6 is 0 Å². The molecule has 0 saturated heterocycles. The molecule has 0 aromatic carbocycles. The molecule has 0 amide bonds. The quantitative estimate of drug-likeness (QED) is 0.367. The van der Waals surface area contributed by atoms with E-state index >= 15 is 0 Å². The minimum absolute atomic E-state index is 0.0155. The fourth-order valence-electron chi connectivity index (χ4n) is 2.17. The maximum Gasteiger partial charge on any atom is 0.201 e. The van der Waals surface area contributed by atoms with Crippen molar-refractivity contribution in [2.24, 2.45) is 5.11 Å². The van der Waals surface area contributed by atoms with Crippen LogP contribution in [0.3, 0.4) is 0 Å². The Labute approximate surface area is 110 Å². The number of hydrogen-bond acceptors (Lipinski definition) is 3. The molecular weight excluding hydrogens is 246 g/mol. The third-order valence-electron chi connectivity index (χ3n) is 4.10. The molecule has 3 unspecified atom stereocenters. The Bertz CT molecular complexity index is 326. The minimum Gasteiger partial charge on any atom is -0.411 e. The second kappa shape index (κ2) is 6.06. The monoisotopic (exact) mass is 271 g/mol. The van der Waals surface area contributed by atoms with E-state index in [0.29, 0.717) is 6.17 Å². The van der Waals surface area contributed by atoms with Crippen molar-refractivity contribution in [3.05, 3.63) is 10.4 Å². The molecule has 1 fully saturated rings. The molecule has 0 bridgehead atoms. The molecule has 104 valence electrons. The van der Waals surface area contributed by atoms with E-state index in [1.807, 2.05) is 0 Å².